The summed E-state index contributed by atoms with van der Waals surface area (Å²) in [5.41, 5.74) is 2.20. The van der Waals surface area contributed by atoms with Gasteiger partial charge in [-0.2, -0.15) is 11.8 Å². The van der Waals surface area contributed by atoms with Gasteiger partial charge in [0.15, 0.2) is 0 Å². The predicted molar refractivity (Wildman–Crippen MR) is 78.0 cm³/mol. The molecule has 1 aromatic rings. The molecule has 0 aliphatic carbocycles. The molecule has 1 aliphatic heterocycles. The molecule has 1 amide bonds. The van der Waals surface area contributed by atoms with Crippen molar-refractivity contribution in [3.63, 3.8) is 0 Å². The highest BCUT2D eigenvalue weighted by molar-refractivity contribution is 9.09. The molecule has 92 valence electrons. The molecule has 1 fully saturated rings. The Morgan fingerprint density at radius 1 is 1.41 bits per heavy atom. The summed E-state index contributed by atoms with van der Waals surface area (Å²) in [5, 5.41) is 3.96. The van der Waals surface area contributed by atoms with Gasteiger partial charge >= 0.3 is 0 Å². The number of carbonyl (C=O) groups excluding carboxylic acids is 1. The maximum atomic E-state index is 11.9. The largest absolute Gasteiger partial charge is 0.326 e. The summed E-state index contributed by atoms with van der Waals surface area (Å²) in [7, 11) is 0. The van der Waals surface area contributed by atoms with E-state index < -0.39 is 0 Å². The number of amides is 1. The van der Waals surface area contributed by atoms with Gasteiger partial charge in [-0.1, -0.05) is 28.1 Å². The van der Waals surface area contributed by atoms with Crippen molar-refractivity contribution in [1.29, 1.82) is 0 Å². The molecule has 0 aromatic heterocycles. The fourth-order valence-electron chi connectivity index (χ4n) is 1.85. The quantitative estimate of drug-likeness (QED) is 0.864. The monoisotopic (exact) mass is 313 g/mol. The highest BCUT2D eigenvalue weighted by Gasteiger charge is 2.22. The SMILES string of the molecule is O=C(Nc1ccc(CCBr)cc1)C1CCSC1. The van der Waals surface area contributed by atoms with E-state index in [1.807, 2.05) is 23.9 Å². The molecule has 0 saturated carbocycles. The zero-order chi connectivity index (χ0) is 12.1. The van der Waals surface area contributed by atoms with Crippen molar-refractivity contribution in [2.24, 2.45) is 5.92 Å². The van der Waals surface area contributed by atoms with Crippen molar-refractivity contribution in [2.45, 2.75) is 12.8 Å². The molecule has 1 unspecified atom stereocenters. The van der Waals surface area contributed by atoms with Crippen LogP contribution in [0.2, 0.25) is 0 Å². The smallest absolute Gasteiger partial charge is 0.228 e. The highest BCUT2D eigenvalue weighted by atomic mass is 79.9. The Morgan fingerprint density at radius 3 is 2.76 bits per heavy atom. The Labute approximate surface area is 115 Å². The summed E-state index contributed by atoms with van der Waals surface area (Å²) in [6, 6.07) is 8.11. The van der Waals surface area contributed by atoms with Crippen LogP contribution in [-0.2, 0) is 11.2 Å². The average Bonchev–Trinajstić information content (AvgIpc) is 2.86. The first kappa shape index (κ1) is 13.0. The minimum atomic E-state index is 0.170. The first-order chi connectivity index (χ1) is 8.29. The van der Waals surface area contributed by atoms with E-state index in [-0.39, 0.29) is 11.8 Å². The lowest BCUT2D eigenvalue weighted by molar-refractivity contribution is -0.119. The van der Waals surface area contributed by atoms with E-state index in [1.54, 1.807) is 0 Å². The zero-order valence-corrected chi connectivity index (χ0v) is 12.0. The van der Waals surface area contributed by atoms with Crippen LogP contribution >= 0.6 is 27.7 Å². The molecule has 0 bridgehead atoms. The second-order valence-electron chi connectivity index (χ2n) is 4.19. The second kappa shape index (κ2) is 6.45. The number of alkyl halides is 1. The van der Waals surface area contributed by atoms with Gasteiger partial charge in [0.1, 0.15) is 0 Å². The van der Waals surface area contributed by atoms with E-state index in [0.29, 0.717) is 0 Å². The van der Waals surface area contributed by atoms with Crippen molar-refractivity contribution >= 4 is 39.3 Å². The zero-order valence-electron chi connectivity index (χ0n) is 9.62. The molecule has 1 heterocycles. The van der Waals surface area contributed by atoms with E-state index in [4.69, 9.17) is 0 Å². The Morgan fingerprint density at radius 2 is 2.18 bits per heavy atom. The van der Waals surface area contributed by atoms with Crippen LogP contribution in [0.1, 0.15) is 12.0 Å². The number of aryl methyl sites for hydroxylation is 1. The van der Waals surface area contributed by atoms with Gasteiger partial charge in [0.05, 0.1) is 0 Å². The minimum absolute atomic E-state index is 0.170. The van der Waals surface area contributed by atoms with Gasteiger partial charge < -0.3 is 5.32 Å². The molecule has 2 nitrogen and oxygen atoms in total. The van der Waals surface area contributed by atoms with Crippen molar-refractivity contribution < 1.29 is 4.79 Å². The molecule has 1 atom stereocenters. The van der Waals surface area contributed by atoms with Gasteiger partial charge in [0.2, 0.25) is 5.91 Å². The number of benzene rings is 1. The van der Waals surface area contributed by atoms with Crippen LogP contribution < -0.4 is 5.32 Å². The average molecular weight is 314 g/mol. The van der Waals surface area contributed by atoms with Crippen molar-refractivity contribution in [2.75, 3.05) is 22.2 Å². The van der Waals surface area contributed by atoms with Crippen LogP contribution in [0.3, 0.4) is 0 Å². The third-order valence-electron chi connectivity index (χ3n) is 2.91. The van der Waals surface area contributed by atoms with Crippen LogP contribution in [0.4, 0.5) is 5.69 Å². The second-order valence-corrected chi connectivity index (χ2v) is 6.13. The summed E-state index contributed by atoms with van der Waals surface area (Å²) in [6.45, 7) is 0. The van der Waals surface area contributed by atoms with Gasteiger partial charge in [-0.25, -0.2) is 0 Å². The molecule has 0 radical (unpaired) electrons. The van der Waals surface area contributed by atoms with Crippen molar-refractivity contribution in [1.82, 2.24) is 0 Å². The van der Waals surface area contributed by atoms with Crippen LogP contribution in [0.15, 0.2) is 24.3 Å². The number of anilines is 1. The third kappa shape index (κ3) is 3.75. The number of thioether (sulfide) groups is 1. The van der Waals surface area contributed by atoms with Crippen LogP contribution in [0.5, 0.6) is 0 Å². The van der Waals surface area contributed by atoms with E-state index in [2.05, 4.69) is 33.4 Å². The molecule has 4 heteroatoms. The Balaban J connectivity index is 1.91. The fraction of sp³-hybridized carbons (Fsp3) is 0.462. The number of rotatable bonds is 4. The van der Waals surface area contributed by atoms with Gasteiger partial charge in [0, 0.05) is 22.7 Å². The topological polar surface area (TPSA) is 29.1 Å². The molecule has 1 N–H and O–H groups in total. The van der Waals surface area contributed by atoms with E-state index in [0.717, 1.165) is 35.4 Å². The molecule has 17 heavy (non-hydrogen) atoms. The molecule has 0 spiro atoms. The predicted octanol–water partition coefficient (Wildman–Crippen LogP) is 3.32. The Bertz CT molecular complexity index is 374. The van der Waals surface area contributed by atoms with Gasteiger partial charge in [-0.15, -0.1) is 0 Å². The van der Waals surface area contributed by atoms with Gasteiger partial charge in [-0.05, 0) is 36.3 Å². The Kier molecular flexibility index (Phi) is 4.92. The highest BCUT2D eigenvalue weighted by Crippen LogP contribution is 2.24. The summed E-state index contributed by atoms with van der Waals surface area (Å²) in [4.78, 5) is 11.9. The summed E-state index contributed by atoms with van der Waals surface area (Å²) in [5.74, 6) is 2.45. The third-order valence-corrected chi connectivity index (χ3v) is 4.46. The normalized spacial score (nSPS) is 19.2. The minimum Gasteiger partial charge on any atom is -0.326 e. The molecule has 2 rings (SSSR count). The summed E-state index contributed by atoms with van der Waals surface area (Å²) >= 11 is 5.28. The molecule has 1 aromatic carbocycles. The van der Waals surface area contributed by atoms with Gasteiger partial charge in [-0.3, -0.25) is 4.79 Å². The van der Waals surface area contributed by atoms with Crippen LogP contribution in [0.25, 0.3) is 0 Å². The number of halogens is 1. The first-order valence-corrected chi connectivity index (χ1v) is 8.10. The van der Waals surface area contributed by atoms with E-state index in [9.17, 15) is 4.79 Å². The molecular weight excluding hydrogens is 298 g/mol. The summed E-state index contributed by atoms with van der Waals surface area (Å²) < 4.78 is 0. The number of carbonyl (C=O) groups is 1. The lowest BCUT2D eigenvalue weighted by atomic mass is 10.1. The number of nitrogens with one attached hydrogen (secondary N) is 1. The van der Waals surface area contributed by atoms with Crippen molar-refractivity contribution in [3.8, 4) is 0 Å². The van der Waals surface area contributed by atoms with Crippen LogP contribution in [-0.4, -0.2) is 22.7 Å². The lowest BCUT2D eigenvalue weighted by Gasteiger charge is -2.10. The first-order valence-electron chi connectivity index (χ1n) is 5.83. The standard InChI is InChI=1S/C13H16BrNOS/c14-7-5-10-1-3-12(4-2-10)15-13(16)11-6-8-17-9-11/h1-4,11H,5-9H2,(H,15,16). The Hall–Kier alpha value is -0.480. The van der Waals surface area contributed by atoms with Gasteiger partial charge in [0.25, 0.3) is 0 Å². The maximum Gasteiger partial charge on any atom is 0.228 e. The molecule has 1 saturated heterocycles. The fourth-order valence-corrected chi connectivity index (χ4v) is 3.53. The molecule has 1 aliphatic rings. The number of hydrogen-bond donors (Lipinski definition) is 1. The van der Waals surface area contributed by atoms with E-state index in [1.165, 1.54) is 5.56 Å². The lowest BCUT2D eigenvalue weighted by Crippen LogP contribution is -2.22. The van der Waals surface area contributed by atoms with Crippen LogP contribution in [0, 0.1) is 5.92 Å². The molecular formula is C13H16BrNOS. The maximum absolute atomic E-state index is 11.9. The van der Waals surface area contributed by atoms with Crippen molar-refractivity contribution in [3.05, 3.63) is 29.8 Å². The number of hydrogen-bond acceptors (Lipinski definition) is 2. The summed E-state index contributed by atoms with van der Waals surface area (Å²) in [6.07, 6.45) is 2.03. The van der Waals surface area contributed by atoms with E-state index >= 15 is 0 Å².